The van der Waals surface area contributed by atoms with Crippen molar-refractivity contribution in [1.29, 1.82) is 0 Å². The zero-order valence-electron chi connectivity index (χ0n) is 11.0. The van der Waals surface area contributed by atoms with Gasteiger partial charge in [-0.1, -0.05) is 19.1 Å². The van der Waals surface area contributed by atoms with Crippen molar-refractivity contribution >= 4 is 11.4 Å². The van der Waals surface area contributed by atoms with E-state index in [0.717, 1.165) is 12.0 Å². The predicted octanol–water partition coefficient (Wildman–Crippen LogP) is 2.11. The number of anilines is 1. The molecule has 0 saturated heterocycles. The average Bonchev–Trinajstić information content (AvgIpc) is 2.37. The average molecular weight is 252 g/mol. The van der Waals surface area contributed by atoms with Gasteiger partial charge in [0, 0.05) is 18.7 Å². The lowest BCUT2D eigenvalue weighted by atomic mass is 10.1. The summed E-state index contributed by atoms with van der Waals surface area (Å²) in [6, 6.07) is 5.39. The van der Waals surface area contributed by atoms with Gasteiger partial charge in [0.25, 0.3) is 5.69 Å². The van der Waals surface area contributed by atoms with E-state index in [1.54, 1.807) is 6.07 Å². The molecule has 0 aliphatic rings. The predicted molar refractivity (Wildman–Crippen MR) is 72.1 cm³/mol. The number of nitrogen functional groups attached to an aromatic ring is 1. The first kappa shape index (κ1) is 14.4. The maximum Gasteiger partial charge on any atom is 0.293 e. The Morgan fingerprint density at radius 2 is 2.22 bits per heavy atom. The first-order valence-electron chi connectivity index (χ1n) is 5.94. The molecule has 100 valence electrons. The van der Waals surface area contributed by atoms with Crippen LogP contribution in [-0.2, 0) is 6.54 Å². The second-order valence-corrected chi connectivity index (χ2v) is 4.39. The van der Waals surface area contributed by atoms with Crippen LogP contribution in [0.1, 0.15) is 25.8 Å². The molecule has 1 rings (SSSR count). The number of benzene rings is 1. The highest BCUT2D eigenvalue weighted by Crippen LogP contribution is 2.28. The van der Waals surface area contributed by atoms with Gasteiger partial charge in [0.2, 0.25) is 0 Å². The maximum atomic E-state index is 10.9. The van der Waals surface area contributed by atoms with Crippen molar-refractivity contribution in [2.75, 3.05) is 12.5 Å². The molecule has 0 bridgehead atoms. The van der Waals surface area contributed by atoms with E-state index < -0.39 is 4.92 Å². The second kappa shape index (κ2) is 6.32. The molecule has 1 aromatic rings. The fourth-order valence-corrected chi connectivity index (χ4v) is 1.77. The molecule has 0 aromatic heterocycles. The summed E-state index contributed by atoms with van der Waals surface area (Å²) in [6.45, 7) is 4.85. The Labute approximate surface area is 107 Å². The lowest BCUT2D eigenvalue weighted by molar-refractivity contribution is -0.384. The third-order valence-corrected chi connectivity index (χ3v) is 3.23. The summed E-state index contributed by atoms with van der Waals surface area (Å²) in [5, 5.41) is 10.9. The number of nitro groups is 1. The summed E-state index contributed by atoms with van der Waals surface area (Å²) in [6.07, 6.45) is 1.02. The number of nitro benzene ring substituents is 1. The van der Waals surface area contributed by atoms with E-state index >= 15 is 0 Å². The van der Waals surface area contributed by atoms with Gasteiger partial charge < -0.3 is 5.43 Å². The van der Waals surface area contributed by atoms with Gasteiger partial charge in [-0.25, -0.2) is 0 Å². The molecule has 0 saturated carbocycles. The largest absolute Gasteiger partial charge is 0.318 e. The summed E-state index contributed by atoms with van der Waals surface area (Å²) in [5.74, 6) is 5.40. The number of nitrogens with two attached hydrogens (primary N) is 1. The molecule has 0 fully saturated rings. The van der Waals surface area contributed by atoms with Gasteiger partial charge in [0.1, 0.15) is 5.69 Å². The minimum atomic E-state index is -0.429. The second-order valence-electron chi connectivity index (χ2n) is 4.39. The highest BCUT2D eigenvalue weighted by molar-refractivity contribution is 5.65. The van der Waals surface area contributed by atoms with Crippen LogP contribution >= 0.6 is 0 Å². The summed E-state index contributed by atoms with van der Waals surface area (Å²) >= 11 is 0. The van der Waals surface area contributed by atoms with Crippen LogP contribution in [0.3, 0.4) is 0 Å². The Morgan fingerprint density at radius 1 is 1.56 bits per heavy atom. The summed E-state index contributed by atoms with van der Waals surface area (Å²) in [4.78, 5) is 12.6. The normalized spacial score (nSPS) is 12.5. The monoisotopic (exact) mass is 252 g/mol. The molecule has 0 heterocycles. The van der Waals surface area contributed by atoms with Crippen molar-refractivity contribution in [1.82, 2.24) is 4.90 Å². The van der Waals surface area contributed by atoms with Crippen molar-refractivity contribution in [2.24, 2.45) is 5.84 Å². The molecule has 0 amide bonds. The van der Waals surface area contributed by atoms with E-state index in [1.807, 2.05) is 13.1 Å². The van der Waals surface area contributed by atoms with E-state index in [-0.39, 0.29) is 5.69 Å². The zero-order chi connectivity index (χ0) is 13.7. The van der Waals surface area contributed by atoms with Gasteiger partial charge >= 0.3 is 0 Å². The molecule has 0 aliphatic carbocycles. The summed E-state index contributed by atoms with van der Waals surface area (Å²) in [7, 11) is 1.99. The molecule has 1 aromatic carbocycles. The molecular weight excluding hydrogens is 232 g/mol. The van der Waals surface area contributed by atoms with Crippen LogP contribution in [0, 0.1) is 10.1 Å². The van der Waals surface area contributed by atoms with Gasteiger partial charge in [-0.3, -0.25) is 20.9 Å². The molecular formula is C12H20N4O2. The van der Waals surface area contributed by atoms with E-state index in [0.29, 0.717) is 18.3 Å². The minimum absolute atomic E-state index is 0.00699. The van der Waals surface area contributed by atoms with E-state index in [2.05, 4.69) is 24.2 Å². The smallest absolute Gasteiger partial charge is 0.293 e. The van der Waals surface area contributed by atoms with Crippen LogP contribution in [0.2, 0.25) is 0 Å². The fourth-order valence-electron chi connectivity index (χ4n) is 1.77. The first-order valence-corrected chi connectivity index (χ1v) is 5.94. The highest BCUT2D eigenvalue weighted by atomic mass is 16.6. The van der Waals surface area contributed by atoms with Crippen LogP contribution in [0.15, 0.2) is 18.2 Å². The van der Waals surface area contributed by atoms with Crippen LogP contribution in [0.4, 0.5) is 11.4 Å². The van der Waals surface area contributed by atoms with Crippen LogP contribution < -0.4 is 11.3 Å². The zero-order valence-corrected chi connectivity index (χ0v) is 11.0. The van der Waals surface area contributed by atoms with Crippen molar-refractivity contribution in [3.05, 3.63) is 33.9 Å². The number of nitrogens with one attached hydrogen (secondary N) is 1. The standard InChI is InChI=1S/C12H20N4O2/c1-4-9(2)15(3)8-10-6-5-7-11(16(17)18)12(10)14-13/h5-7,9,14H,4,8,13H2,1-3H3. The lowest BCUT2D eigenvalue weighted by Crippen LogP contribution is -2.28. The van der Waals surface area contributed by atoms with Gasteiger partial charge in [0.15, 0.2) is 0 Å². The van der Waals surface area contributed by atoms with Gasteiger partial charge in [0.05, 0.1) is 4.92 Å². The molecule has 0 radical (unpaired) electrons. The Morgan fingerprint density at radius 3 is 2.72 bits per heavy atom. The number of rotatable bonds is 6. The van der Waals surface area contributed by atoms with Crippen LogP contribution in [0.25, 0.3) is 0 Å². The molecule has 0 aliphatic heterocycles. The van der Waals surface area contributed by atoms with Crippen molar-refractivity contribution in [2.45, 2.75) is 32.9 Å². The Kier molecular flexibility index (Phi) is 5.06. The minimum Gasteiger partial charge on any atom is -0.318 e. The van der Waals surface area contributed by atoms with Crippen LogP contribution in [-0.4, -0.2) is 22.9 Å². The number of hydrazine groups is 1. The number of hydrogen-bond donors (Lipinski definition) is 2. The summed E-state index contributed by atoms with van der Waals surface area (Å²) in [5.41, 5.74) is 3.66. The van der Waals surface area contributed by atoms with E-state index in [4.69, 9.17) is 5.84 Å². The number of nitrogens with zero attached hydrogens (tertiary/aromatic N) is 2. The molecule has 1 atom stereocenters. The molecule has 18 heavy (non-hydrogen) atoms. The molecule has 0 spiro atoms. The van der Waals surface area contributed by atoms with Gasteiger partial charge in [-0.15, -0.1) is 0 Å². The van der Waals surface area contributed by atoms with Crippen LogP contribution in [0.5, 0.6) is 0 Å². The third kappa shape index (κ3) is 3.18. The van der Waals surface area contributed by atoms with Crippen molar-refractivity contribution in [3.63, 3.8) is 0 Å². The Bertz CT molecular complexity index is 423. The molecule has 1 unspecified atom stereocenters. The molecule has 3 N–H and O–H groups in total. The Balaban J connectivity index is 3.02. The number of para-hydroxylation sites is 1. The quantitative estimate of drug-likeness (QED) is 0.460. The van der Waals surface area contributed by atoms with Gasteiger partial charge in [-0.2, -0.15) is 0 Å². The highest BCUT2D eigenvalue weighted by Gasteiger charge is 2.18. The molecule has 6 heteroatoms. The SMILES string of the molecule is CCC(C)N(C)Cc1cccc([N+](=O)[O-])c1NN. The fraction of sp³-hybridized carbons (Fsp3) is 0.500. The molecule has 6 nitrogen and oxygen atoms in total. The van der Waals surface area contributed by atoms with E-state index in [9.17, 15) is 10.1 Å². The maximum absolute atomic E-state index is 10.9. The summed E-state index contributed by atoms with van der Waals surface area (Å²) < 4.78 is 0. The van der Waals surface area contributed by atoms with Crippen molar-refractivity contribution < 1.29 is 4.92 Å². The van der Waals surface area contributed by atoms with Gasteiger partial charge in [-0.05, 0) is 26.0 Å². The first-order chi connectivity index (χ1) is 8.51. The topological polar surface area (TPSA) is 84.4 Å². The Hall–Kier alpha value is -1.66. The third-order valence-electron chi connectivity index (χ3n) is 3.23. The number of hydrogen-bond acceptors (Lipinski definition) is 5. The lowest BCUT2D eigenvalue weighted by Gasteiger charge is -2.24. The van der Waals surface area contributed by atoms with Crippen molar-refractivity contribution in [3.8, 4) is 0 Å². The van der Waals surface area contributed by atoms with E-state index in [1.165, 1.54) is 6.07 Å².